The summed E-state index contributed by atoms with van der Waals surface area (Å²) in [6.45, 7) is 3.61. The first kappa shape index (κ1) is 13.2. The Morgan fingerprint density at radius 3 is 2.35 bits per heavy atom. The van der Waals surface area contributed by atoms with Gasteiger partial charge in [-0.25, -0.2) is 0 Å². The molecule has 0 aliphatic heterocycles. The van der Waals surface area contributed by atoms with Gasteiger partial charge in [0.2, 0.25) is 5.91 Å². The number of amides is 1. The van der Waals surface area contributed by atoms with E-state index in [1.54, 1.807) is 13.8 Å². The Balaban J connectivity index is 2.57. The van der Waals surface area contributed by atoms with E-state index in [0.29, 0.717) is 6.42 Å². The van der Waals surface area contributed by atoms with Crippen LogP contribution in [0.15, 0.2) is 30.3 Å². The molecule has 0 fully saturated rings. The summed E-state index contributed by atoms with van der Waals surface area (Å²) in [6.07, 6.45) is 0.219. The highest BCUT2D eigenvalue weighted by Crippen LogP contribution is 2.17. The minimum Gasteiger partial charge on any atom is -0.459 e. The molecule has 92 valence electrons. The standard InChI is InChI=1S/C13H17NO3/c1-13(2,17-12(16)8-11(14)15)9-10-6-4-3-5-7-10/h3-7H,8-9H2,1-2H3,(H2,14,15). The molecule has 0 aliphatic rings. The van der Waals surface area contributed by atoms with Crippen molar-refractivity contribution in [2.45, 2.75) is 32.3 Å². The van der Waals surface area contributed by atoms with Crippen LogP contribution < -0.4 is 5.73 Å². The zero-order valence-corrected chi connectivity index (χ0v) is 10.1. The van der Waals surface area contributed by atoms with Crippen molar-refractivity contribution < 1.29 is 14.3 Å². The SMILES string of the molecule is CC(C)(Cc1ccccc1)OC(=O)CC(N)=O. The predicted octanol–water partition coefficient (Wildman–Crippen LogP) is 1.43. The second kappa shape index (κ2) is 5.48. The smallest absolute Gasteiger partial charge is 0.315 e. The Labute approximate surface area is 101 Å². The summed E-state index contributed by atoms with van der Waals surface area (Å²) in [5, 5.41) is 0. The normalized spacial score (nSPS) is 10.9. The molecule has 0 saturated heterocycles. The van der Waals surface area contributed by atoms with Crippen LogP contribution in [0, 0.1) is 0 Å². The molecule has 0 bridgehead atoms. The Morgan fingerprint density at radius 2 is 1.82 bits per heavy atom. The van der Waals surface area contributed by atoms with Gasteiger partial charge in [0.25, 0.3) is 0 Å². The van der Waals surface area contributed by atoms with E-state index in [4.69, 9.17) is 10.5 Å². The maximum Gasteiger partial charge on any atom is 0.315 e. The molecule has 0 unspecified atom stereocenters. The molecule has 0 aromatic heterocycles. The van der Waals surface area contributed by atoms with Crippen molar-refractivity contribution in [3.63, 3.8) is 0 Å². The molecule has 0 heterocycles. The van der Waals surface area contributed by atoms with Crippen LogP contribution in [0.2, 0.25) is 0 Å². The maximum atomic E-state index is 11.3. The van der Waals surface area contributed by atoms with Gasteiger partial charge in [-0.15, -0.1) is 0 Å². The maximum absolute atomic E-state index is 11.3. The average molecular weight is 235 g/mol. The molecular weight excluding hydrogens is 218 g/mol. The van der Waals surface area contributed by atoms with Gasteiger partial charge in [-0.05, 0) is 19.4 Å². The van der Waals surface area contributed by atoms with Gasteiger partial charge in [-0.3, -0.25) is 9.59 Å². The minimum atomic E-state index is -0.675. The number of ether oxygens (including phenoxy) is 1. The van der Waals surface area contributed by atoms with Crippen LogP contribution >= 0.6 is 0 Å². The second-order valence-electron chi connectivity index (χ2n) is 4.54. The topological polar surface area (TPSA) is 69.4 Å². The fourth-order valence-corrected chi connectivity index (χ4v) is 1.61. The van der Waals surface area contributed by atoms with Gasteiger partial charge in [0.15, 0.2) is 0 Å². The third-order valence-corrected chi connectivity index (χ3v) is 2.18. The number of esters is 1. The summed E-state index contributed by atoms with van der Waals surface area (Å²) in [6, 6.07) is 9.70. The molecular formula is C13H17NO3. The monoisotopic (exact) mass is 235 g/mol. The first-order valence-electron chi connectivity index (χ1n) is 5.43. The molecule has 0 saturated carbocycles. The summed E-state index contributed by atoms with van der Waals surface area (Å²) in [4.78, 5) is 21.9. The number of primary amides is 1. The van der Waals surface area contributed by atoms with E-state index in [1.165, 1.54) is 0 Å². The molecule has 0 spiro atoms. The van der Waals surface area contributed by atoms with Crippen LogP contribution in [0.4, 0.5) is 0 Å². The number of hydrogen-bond donors (Lipinski definition) is 1. The first-order chi connectivity index (χ1) is 7.89. The van der Waals surface area contributed by atoms with E-state index in [-0.39, 0.29) is 6.42 Å². The highest BCUT2D eigenvalue weighted by molar-refractivity contribution is 5.93. The van der Waals surface area contributed by atoms with Crippen LogP contribution in [0.5, 0.6) is 0 Å². The quantitative estimate of drug-likeness (QED) is 0.620. The summed E-state index contributed by atoms with van der Waals surface area (Å²) in [7, 11) is 0. The van der Waals surface area contributed by atoms with Crippen LogP contribution in [-0.2, 0) is 20.7 Å². The van der Waals surface area contributed by atoms with E-state index in [0.717, 1.165) is 5.56 Å². The largest absolute Gasteiger partial charge is 0.459 e. The van der Waals surface area contributed by atoms with Crippen molar-refractivity contribution in [1.82, 2.24) is 0 Å². The Morgan fingerprint density at radius 1 is 1.24 bits per heavy atom. The lowest BCUT2D eigenvalue weighted by molar-refractivity contribution is -0.157. The number of carbonyl (C=O) groups excluding carboxylic acids is 2. The minimum absolute atomic E-state index is 0.377. The van der Waals surface area contributed by atoms with Gasteiger partial charge in [-0.1, -0.05) is 30.3 Å². The van der Waals surface area contributed by atoms with Crippen LogP contribution in [0.3, 0.4) is 0 Å². The number of benzene rings is 1. The Hall–Kier alpha value is -1.84. The van der Waals surface area contributed by atoms with Crippen molar-refractivity contribution in [2.24, 2.45) is 5.73 Å². The van der Waals surface area contributed by atoms with Gasteiger partial charge >= 0.3 is 5.97 Å². The fraction of sp³-hybridized carbons (Fsp3) is 0.385. The molecule has 0 atom stereocenters. The average Bonchev–Trinajstić information content (AvgIpc) is 2.15. The predicted molar refractivity (Wildman–Crippen MR) is 64.1 cm³/mol. The lowest BCUT2D eigenvalue weighted by Gasteiger charge is -2.25. The first-order valence-corrected chi connectivity index (χ1v) is 5.43. The summed E-state index contributed by atoms with van der Waals surface area (Å²) in [5.74, 6) is -1.26. The third-order valence-electron chi connectivity index (χ3n) is 2.18. The summed E-state index contributed by atoms with van der Waals surface area (Å²) < 4.78 is 5.21. The molecule has 1 rings (SSSR count). The summed E-state index contributed by atoms with van der Waals surface area (Å²) >= 11 is 0. The fourth-order valence-electron chi connectivity index (χ4n) is 1.61. The highest BCUT2D eigenvalue weighted by Gasteiger charge is 2.24. The lowest BCUT2D eigenvalue weighted by atomic mass is 9.98. The third kappa shape index (κ3) is 5.15. The molecule has 17 heavy (non-hydrogen) atoms. The molecule has 2 N–H and O–H groups in total. The molecule has 4 heteroatoms. The van der Waals surface area contributed by atoms with Crippen LogP contribution in [0.25, 0.3) is 0 Å². The Kier molecular flexibility index (Phi) is 4.26. The number of carbonyl (C=O) groups is 2. The van der Waals surface area contributed by atoms with Crippen molar-refractivity contribution in [2.75, 3.05) is 0 Å². The van der Waals surface area contributed by atoms with Crippen LogP contribution in [0.1, 0.15) is 25.8 Å². The highest BCUT2D eigenvalue weighted by atomic mass is 16.6. The van der Waals surface area contributed by atoms with Gasteiger partial charge in [0.1, 0.15) is 12.0 Å². The zero-order valence-electron chi connectivity index (χ0n) is 10.1. The Bertz CT molecular complexity index is 398. The molecule has 1 amide bonds. The van der Waals surface area contributed by atoms with E-state index >= 15 is 0 Å². The van der Waals surface area contributed by atoms with E-state index in [1.807, 2.05) is 30.3 Å². The summed E-state index contributed by atoms with van der Waals surface area (Å²) in [5.41, 5.74) is 5.35. The lowest BCUT2D eigenvalue weighted by Crippen LogP contribution is -2.32. The van der Waals surface area contributed by atoms with Crippen molar-refractivity contribution >= 4 is 11.9 Å². The van der Waals surface area contributed by atoms with Gasteiger partial charge in [0, 0.05) is 6.42 Å². The van der Waals surface area contributed by atoms with Gasteiger partial charge in [0.05, 0.1) is 0 Å². The molecule has 1 aromatic rings. The number of nitrogens with two attached hydrogens (primary N) is 1. The van der Waals surface area contributed by atoms with Crippen molar-refractivity contribution in [3.8, 4) is 0 Å². The van der Waals surface area contributed by atoms with E-state index in [9.17, 15) is 9.59 Å². The van der Waals surface area contributed by atoms with Crippen molar-refractivity contribution in [3.05, 3.63) is 35.9 Å². The molecule has 4 nitrogen and oxygen atoms in total. The zero-order chi connectivity index (χ0) is 12.9. The second-order valence-corrected chi connectivity index (χ2v) is 4.54. The van der Waals surface area contributed by atoms with Crippen molar-refractivity contribution in [1.29, 1.82) is 0 Å². The number of hydrogen-bond acceptors (Lipinski definition) is 3. The van der Waals surface area contributed by atoms with E-state index in [2.05, 4.69) is 0 Å². The molecule has 0 radical (unpaired) electrons. The van der Waals surface area contributed by atoms with Gasteiger partial charge < -0.3 is 10.5 Å². The van der Waals surface area contributed by atoms with Gasteiger partial charge in [-0.2, -0.15) is 0 Å². The number of rotatable bonds is 5. The molecule has 0 aliphatic carbocycles. The molecule has 1 aromatic carbocycles. The van der Waals surface area contributed by atoms with E-state index < -0.39 is 17.5 Å². The van der Waals surface area contributed by atoms with Crippen LogP contribution in [-0.4, -0.2) is 17.5 Å².